The van der Waals surface area contributed by atoms with E-state index < -0.39 is 0 Å². The summed E-state index contributed by atoms with van der Waals surface area (Å²) in [6.07, 6.45) is 0. The van der Waals surface area contributed by atoms with Gasteiger partial charge in [0.25, 0.3) is 5.91 Å². The highest BCUT2D eigenvalue weighted by Gasteiger charge is 2.40. The number of para-hydroxylation sites is 1. The van der Waals surface area contributed by atoms with Crippen molar-refractivity contribution in [3.63, 3.8) is 0 Å². The average Bonchev–Trinajstić information content (AvgIpc) is 3.24. The molecule has 1 amide bonds. The van der Waals surface area contributed by atoms with Gasteiger partial charge in [-0.3, -0.25) is 4.79 Å². The summed E-state index contributed by atoms with van der Waals surface area (Å²) in [5.41, 5.74) is 7.72. The number of ether oxygens (including phenoxy) is 1. The number of fused-ring (bicyclic) bond motifs is 2. The molecule has 0 N–H and O–H groups in total. The van der Waals surface area contributed by atoms with Crippen molar-refractivity contribution in [2.75, 3.05) is 20.3 Å². The number of carbonyl (C=O) groups excluding carboxylic acids is 1. The minimum atomic E-state index is -0.152. The van der Waals surface area contributed by atoms with E-state index in [9.17, 15) is 4.79 Å². The SMILES string of the molecule is COCCN1C(=O)c2ccccc2C1c1c(-c2ccc(C)cc2)n(C)c2ccccc12. The topological polar surface area (TPSA) is 34.5 Å². The summed E-state index contributed by atoms with van der Waals surface area (Å²) in [5.74, 6) is 0.0699. The number of benzene rings is 3. The molecule has 4 heteroatoms. The summed E-state index contributed by atoms with van der Waals surface area (Å²) in [5, 5.41) is 1.18. The molecular weight excluding hydrogens is 384 g/mol. The van der Waals surface area contributed by atoms with Gasteiger partial charge in [-0.15, -0.1) is 0 Å². The number of hydrogen-bond acceptors (Lipinski definition) is 2. The van der Waals surface area contributed by atoms with Crippen molar-refractivity contribution < 1.29 is 9.53 Å². The van der Waals surface area contributed by atoms with E-state index >= 15 is 0 Å². The molecule has 1 aromatic heterocycles. The number of nitrogens with zero attached hydrogens (tertiary/aromatic N) is 2. The lowest BCUT2D eigenvalue weighted by atomic mass is 9.93. The highest BCUT2D eigenvalue weighted by atomic mass is 16.5. The minimum absolute atomic E-state index is 0.0699. The van der Waals surface area contributed by atoms with E-state index in [4.69, 9.17) is 4.74 Å². The number of hydrogen-bond donors (Lipinski definition) is 0. The number of rotatable bonds is 5. The zero-order valence-electron chi connectivity index (χ0n) is 18.1. The van der Waals surface area contributed by atoms with Crippen LogP contribution >= 0.6 is 0 Å². The molecule has 3 aromatic carbocycles. The van der Waals surface area contributed by atoms with Crippen LogP contribution < -0.4 is 0 Å². The molecule has 0 fully saturated rings. The molecule has 0 saturated heterocycles. The van der Waals surface area contributed by atoms with Crippen molar-refractivity contribution in [1.82, 2.24) is 9.47 Å². The van der Waals surface area contributed by atoms with Gasteiger partial charge >= 0.3 is 0 Å². The van der Waals surface area contributed by atoms with E-state index in [2.05, 4.69) is 73.1 Å². The van der Waals surface area contributed by atoms with Gasteiger partial charge in [0.15, 0.2) is 0 Å². The van der Waals surface area contributed by atoms with Crippen molar-refractivity contribution in [3.05, 3.63) is 95.1 Å². The van der Waals surface area contributed by atoms with Crippen LogP contribution in [0.5, 0.6) is 0 Å². The number of carbonyl (C=O) groups is 1. The molecule has 31 heavy (non-hydrogen) atoms. The summed E-state index contributed by atoms with van der Waals surface area (Å²) in [6, 6.07) is 25.0. The Morgan fingerprint density at radius 3 is 2.42 bits per heavy atom. The lowest BCUT2D eigenvalue weighted by Gasteiger charge is -2.26. The lowest BCUT2D eigenvalue weighted by Crippen LogP contribution is -2.32. The van der Waals surface area contributed by atoms with Gasteiger partial charge in [-0.25, -0.2) is 0 Å². The number of aryl methyl sites for hydroxylation is 2. The van der Waals surface area contributed by atoms with Crippen LogP contribution in [0.3, 0.4) is 0 Å². The van der Waals surface area contributed by atoms with Crippen LogP contribution in [-0.4, -0.2) is 35.6 Å². The van der Waals surface area contributed by atoms with Crippen LogP contribution in [0.2, 0.25) is 0 Å². The Balaban J connectivity index is 1.82. The number of amides is 1. The Hall–Kier alpha value is -3.37. The molecule has 0 radical (unpaired) electrons. The van der Waals surface area contributed by atoms with E-state index in [0.29, 0.717) is 13.2 Å². The van der Waals surface area contributed by atoms with E-state index in [-0.39, 0.29) is 11.9 Å². The molecule has 0 spiro atoms. The number of methoxy groups -OCH3 is 1. The summed E-state index contributed by atoms with van der Waals surface area (Å²) in [7, 11) is 3.79. The zero-order valence-corrected chi connectivity index (χ0v) is 18.1. The van der Waals surface area contributed by atoms with Crippen molar-refractivity contribution in [2.45, 2.75) is 13.0 Å². The largest absolute Gasteiger partial charge is 0.383 e. The van der Waals surface area contributed by atoms with Gasteiger partial charge in [0, 0.05) is 42.7 Å². The molecule has 4 aromatic rings. The Morgan fingerprint density at radius 2 is 1.65 bits per heavy atom. The van der Waals surface area contributed by atoms with Gasteiger partial charge in [0.1, 0.15) is 0 Å². The fourth-order valence-electron chi connectivity index (χ4n) is 4.86. The first-order valence-electron chi connectivity index (χ1n) is 10.6. The second-order valence-corrected chi connectivity index (χ2v) is 8.19. The van der Waals surface area contributed by atoms with Gasteiger partial charge in [0.2, 0.25) is 0 Å². The van der Waals surface area contributed by atoms with E-state index in [1.807, 2.05) is 23.1 Å². The molecule has 5 rings (SSSR count). The minimum Gasteiger partial charge on any atom is -0.383 e. The maximum atomic E-state index is 13.4. The molecule has 156 valence electrons. The van der Waals surface area contributed by atoms with Crippen LogP contribution in [-0.2, 0) is 11.8 Å². The lowest BCUT2D eigenvalue weighted by molar-refractivity contribution is 0.0684. The Morgan fingerprint density at radius 1 is 0.935 bits per heavy atom. The van der Waals surface area contributed by atoms with Crippen molar-refractivity contribution in [1.29, 1.82) is 0 Å². The van der Waals surface area contributed by atoms with Gasteiger partial charge in [-0.2, -0.15) is 0 Å². The van der Waals surface area contributed by atoms with Gasteiger partial charge in [-0.1, -0.05) is 66.2 Å². The van der Waals surface area contributed by atoms with Crippen LogP contribution in [0, 0.1) is 6.92 Å². The molecule has 1 aliphatic heterocycles. The third kappa shape index (κ3) is 3.06. The van der Waals surface area contributed by atoms with Gasteiger partial charge in [0.05, 0.1) is 18.3 Å². The Bertz CT molecular complexity index is 1270. The van der Waals surface area contributed by atoms with Crippen molar-refractivity contribution >= 4 is 16.8 Å². The summed E-state index contributed by atoms with van der Waals surface area (Å²) in [6.45, 7) is 3.15. The average molecular weight is 411 g/mol. The Kier molecular flexibility index (Phi) is 4.87. The van der Waals surface area contributed by atoms with Crippen LogP contribution in [0.1, 0.15) is 33.1 Å². The predicted molar refractivity (Wildman–Crippen MR) is 124 cm³/mol. The zero-order chi connectivity index (χ0) is 21.5. The summed E-state index contributed by atoms with van der Waals surface area (Å²) in [4.78, 5) is 15.4. The van der Waals surface area contributed by atoms with Gasteiger partial charge in [-0.05, 0) is 30.2 Å². The van der Waals surface area contributed by atoms with E-state index in [1.54, 1.807) is 7.11 Å². The maximum absolute atomic E-state index is 13.4. The first-order valence-corrected chi connectivity index (χ1v) is 10.6. The monoisotopic (exact) mass is 410 g/mol. The Labute approximate surface area is 182 Å². The first kappa shape index (κ1) is 19.6. The van der Waals surface area contributed by atoms with Crippen LogP contribution in [0.15, 0.2) is 72.8 Å². The third-order valence-corrected chi connectivity index (χ3v) is 6.34. The maximum Gasteiger partial charge on any atom is 0.255 e. The van der Waals surface area contributed by atoms with Crippen molar-refractivity contribution in [3.8, 4) is 11.3 Å². The fourth-order valence-corrected chi connectivity index (χ4v) is 4.86. The molecule has 0 saturated carbocycles. The first-order chi connectivity index (χ1) is 15.1. The third-order valence-electron chi connectivity index (χ3n) is 6.34. The standard InChI is InChI=1S/C27H26N2O2/c1-18-12-14-19(15-13-18)25-24(22-10-6-7-11-23(22)28(25)2)26-20-8-4-5-9-21(20)27(30)29(26)16-17-31-3/h4-15,26H,16-17H2,1-3H3. The molecular formula is C27H26N2O2. The molecule has 2 heterocycles. The molecule has 1 atom stereocenters. The summed E-state index contributed by atoms with van der Waals surface area (Å²) >= 11 is 0. The van der Waals surface area contributed by atoms with Crippen LogP contribution in [0.25, 0.3) is 22.2 Å². The second kappa shape index (κ2) is 7.71. The molecule has 1 aliphatic rings. The second-order valence-electron chi connectivity index (χ2n) is 8.19. The number of aromatic nitrogens is 1. The highest BCUT2D eigenvalue weighted by Crippen LogP contribution is 2.46. The van der Waals surface area contributed by atoms with Gasteiger partial charge < -0.3 is 14.2 Å². The predicted octanol–water partition coefficient (Wildman–Crippen LogP) is 5.35. The highest BCUT2D eigenvalue weighted by molar-refractivity contribution is 6.02. The molecule has 4 nitrogen and oxygen atoms in total. The normalized spacial score (nSPS) is 15.6. The fraction of sp³-hybridized carbons (Fsp3) is 0.222. The van der Waals surface area contributed by atoms with Crippen LogP contribution in [0.4, 0.5) is 0 Å². The summed E-state index contributed by atoms with van der Waals surface area (Å²) < 4.78 is 7.62. The van der Waals surface area contributed by atoms with E-state index in [0.717, 1.165) is 27.9 Å². The molecule has 0 bridgehead atoms. The quantitative estimate of drug-likeness (QED) is 0.445. The van der Waals surface area contributed by atoms with Crippen molar-refractivity contribution in [2.24, 2.45) is 7.05 Å². The van der Waals surface area contributed by atoms with E-state index in [1.165, 1.54) is 16.5 Å². The smallest absolute Gasteiger partial charge is 0.255 e. The molecule has 0 aliphatic carbocycles. The molecule has 1 unspecified atom stereocenters.